The molecule has 9 heteroatoms. The van der Waals surface area contributed by atoms with Crippen molar-refractivity contribution in [2.24, 2.45) is 5.92 Å². The van der Waals surface area contributed by atoms with Crippen LogP contribution in [0.1, 0.15) is 28.8 Å². The molecule has 8 nitrogen and oxygen atoms in total. The summed E-state index contributed by atoms with van der Waals surface area (Å²) in [7, 11) is 0. The number of carbonyl (C=O) groups is 1. The summed E-state index contributed by atoms with van der Waals surface area (Å²) in [6.45, 7) is 1.89. The third kappa shape index (κ3) is 5.18. The van der Waals surface area contributed by atoms with Crippen LogP contribution in [0.15, 0.2) is 79.3 Å². The average Bonchev–Trinajstić information content (AvgIpc) is 3.45. The van der Waals surface area contributed by atoms with E-state index in [0.717, 1.165) is 46.0 Å². The molecule has 0 radical (unpaired) electrons. The highest BCUT2D eigenvalue weighted by atomic mass is 32.1. The van der Waals surface area contributed by atoms with Gasteiger partial charge in [0, 0.05) is 35.8 Å². The van der Waals surface area contributed by atoms with Gasteiger partial charge in [-0.15, -0.1) is 0 Å². The first-order chi connectivity index (χ1) is 18.1. The van der Waals surface area contributed by atoms with Gasteiger partial charge in [0.25, 0.3) is 5.91 Å². The van der Waals surface area contributed by atoms with E-state index >= 15 is 0 Å². The quantitative estimate of drug-likeness (QED) is 0.194. The molecule has 1 saturated carbocycles. The first-order valence-electron chi connectivity index (χ1n) is 12.3. The summed E-state index contributed by atoms with van der Waals surface area (Å²) in [5, 5.41) is 10.5. The van der Waals surface area contributed by atoms with E-state index in [9.17, 15) is 4.79 Å². The van der Waals surface area contributed by atoms with Gasteiger partial charge in [-0.05, 0) is 67.8 Å². The van der Waals surface area contributed by atoms with Gasteiger partial charge in [0.15, 0.2) is 5.13 Å². The summed E-state index contributed by atoms with van der Waals surface area (Å²) in [4.78, 5) is 22.9. The van der Waals surface area contributed by atoms with Crippen LogP contribution in [0, 0.1) is 5.92 Å². The van der Waals surface area contributed by atoms with Crippen LogP contribution in [-0.2, 0) is 6.54 Å². The van der Waals surface area contributed by atoms with Crippen molar-refractivity contribution in [3.63, 3.8) is 0 Å². The fourth-order valence-corrected chi connectivity index (χ4v) is 5.05. The largest absolute Gasteiger partial charge is 0.397 e. The number of aromatic nitrogens is 3. The van der Waals surface area contributed by atoms with Crippen molar-refractivity contribution in [2.45, 2.75) is 19.4 Å². The van der Waals surface area contributed by atoms with Gasteiger partial charge in [0.1, 0.15) is 5.65 Å². The first kappa shape index (κ1) is 23.2. The minimum absolute atomic E-state index is 0.212. The molecule has 3 aromatic heterocycles. The molecule has 5 aromatic rings. The van der Waals surface area contributed by atoms with Crippen molar-refractivity contribution in [3.8, 4) is 10.6 Å². The third-order valence-electron chi connectivity index (χ3n) is 6.43. The molecule has 0 aliphatic heterocycles. The Morgan fingerprint density at radius 2 is 1.86 bits per heavy atom. The lowest BCUT2D eigenvalue weighted by molar-refractivity contribution is 0.102. The van der Waals surface area contributed by atoms with E-state index in [1.54, 1.807) is 35.6 Å². The number of imidazole rings is 1. The Kier molecular flexibility index (Phi) is 6.30. The van der Waals surface area contributed by atoms with Crippen LogP contribution in [0.2, 0.25) is 0 Å². The van der Waals surface area contributed by atoms with Crippen molar-refractivity contribution in [3.05, 3.63) is 90.4 Å². The number of benzene rings is 2. The summed E-state index contributed by atoms with van der Waals surface area (Å²) in [6, 6.07) is 18.7. The van der Waals surface area contributed by atoms with E-state index in [2.05, 4.69) is 37.5 Å². The molecule has 1 fully saturated rings. The highest BCUT2D eigenvalue weighted by Crippen LogP contribution is 2.32. The van der Waals surface area contributed by atoms with Gasteiger partial charge in [-0.2, -0.15) is 0 Å². The number of anilines is 4. The van der Waals surface area contributed by atoms with Gasteiger partial charge in [0.2, 0.25) is 0 Å². The van der Waals surface area contributed by atoms with Gasteiger partial charge in [-0.3, -0.25) is 9.20 Å². The Morgan fingerprint density at radius 3 is 2.68 bits per heavy atom. The smallest absolute Gasteiger partial charge is 0.255 e. The lowest BCUT2D eigenvalue weighted by atomic mass is 10.2. The molecule has 1 amide bonds. The summed E-state index contributed by atoms with van der Waals surface area (Å²) in [5.41, 5.74) is 11.6. The van der Waals surface area contributed by atoms with Crippen LogP contribution in [-0.4, -0.2) is 26.8 Å². The monoisotopic (exact) mass is 509 g/mol. The molecular weight excluding hydrogens is 482 g/mol. The average molecular weight is 510 g/mol. The van der Waals surface area contributed by atoms with Crippen LogP contribution < -0.4 is 21.7 Å². The molecule has 37 heavy (non-hydrogen) atoms. The zero-order valence-corrected chi connectivity index (χ0v) is 21.0. The zero-order chi connectivity index (χ0) is 25.2. The van der Waals surface area contributed by atoms with E-state index in [-0.39, 0.29) is 5.91 Å². The summed E-state index contributed by atoms with van der Waals surface area (Å²) >= 11 is 1.56. The van der Waals surface area contributed by atoms with Crippen molar-refractivity contribution < 1.29 is 4.79 Å². The fraction of sp³-hybridized carbons (Fsp3) is 0.179. The van der Waals surface area contributed by atoms with Gasteiger partial charge < -0.3 is 21.7 Å². The molecule has 0 atom stereocenters. The number of carbonyl (C=O) groups excluding carboxylic acids is 1. The second-order valence-electron chi connectivity index (χ2n) is 9.22. The molecule has 5 N–H and O–H groups in total. The minimum atomic E-state index is -0.212. The Hall–Kier alpha value is -4.21. The number of nitrogens with two attached hydrogens (primary N) is 1. The summed E-state index contributed by atoms with van der Waals surface area (Å²) in [5.74, 6) is 0.635. The van der Waals surface area contributed by atoms with E-state index in [1.807, 2.05) is 42.9 Å². The number of pyridine rings is 1. The first-order valence-corrected chi connectivity index (χ1v) is 13.1. The maximum absolute atomic E-state index is 12.6. The second-order valence-corrected chi connectivity index (χ2v) is 10.2. The zero-order valence-electron chi connectivity index (χ0n) is 20.1. The van der Waals surface area contributed by atoms with Gasteiger partial charge >= 0.3 is 0 Å². The number of nitrogens with zero attached hydrogens (tertiary/aromatic N) is 3. The lowest BCUT2D eigenvalue weighted by Gasteiger charge is -2.08. The number of nitrogens with one attached hydrogen (secondary N) is 3. The number of hydrogen-bond donors (Lipinski definition) is 4. The molecule has 186 valence electrons. The number of thiazole rings is 1. The molecule has 0 bridgehead atoms. The van der Waals surface area contributed by atoms with E-state index in [0.29, 0.717) is 16.9 Å². The van der Waals surface area contributed by atoms with Gasteiger partial charge in [-0.1, -0.05) is 29.5 Å². The fourth-order valence-electron chi connectivity index (χ4n) is 4.21. The number of hydrogen-bond acceptors (Lipinski definition) is 7. The Balaban J connectivity index is 1.13. The van der Waals surface area contributed by atoms with Crippen molar-refractivity contribution in [2.75, 3.05) is 22.9 Å². The van der Waals surface area contributed by atoms with Gasteiger partial charge in [-0.25, -0.2) is 9.97 Å². The minimum Gasteiger partial charge on any atom is -0.397 e. The predicted molar refractivity (Wildman–Crippen MR) is 149 cm³/mol. The van der Waals surface area contributed by atoms with Crippen LogP contribution >= 0.6 is 11.3 Å². The van der Waals surface area contributed by atoms with Crippen LogP contribution in [0.3, 0.4) is 0 Å². The predicted octanol–water partition coefficient (Wildman–Crippen LogP) is 5.54. The number of amides is 1. The molecule has 0 spiro atoms. The van der Waals surface area contributed by atoms with E-state index in [1.165, 1.54) is 18.4 Å². The maximum Gasteiger partial charge on any atom is 0.255 e. The molecule has 1 aliphatic carbocycles. The van der Waals surface area contributed by atoms with E-state index < -0.39 is 0 Å². The highest BCUT2D eigenvalue weighted by Gasteiger charge is 2.20. The van der Waals surface area contributed by atoms with Crippen molar-refractivity contribution >= 4 is 45.1 Å². The normalized spacial score (nSPS) is 13.1. The van der Waals surface area contributed by atoms with Crippen LogP contribution in [0.25, 0.3) is 16.2 Å². The van der Waals surface area contributed by atoms with Crippen molar-refractivity contribution in [1.82, 2.24) is 19.7 Å². The third-order valence-corrected chi connectivity index (χ3v) is 7.36. The number of nitrogen functional groups attached to an aromatic ring is 1. The molecule has 0 unspecified atom stereocenters. The topological polar surface area (TPSA) is 109 Å². The maximum atomic E-state index is 12.6. The second kappa shape index (κ2) is 10.0. The Labute approximate surface area is 218 Å². The van der Waals surface area contributed by atoms with Crippen LogP contribution in [0.4, 0.5) is 22.2 Å². The molecule has 0 saturated heterocycles. The number of para-hydroxylation sites is 2. The number of rotatable bonds is 9. The Bertz CT molecular complexity index is 1550. The van der Waals surface area contributed by atoms with Gasteiger partial charge in [0.05, 0.1) is 28.1 Å². The number of fused-ring (bicyclic) bond motifs is 1. The highest BCUT2D eigenvalue weighted by molar-refractivity contribution is 7.18. The standard InChI is InChI=1S/C28H27N7OS/c29-22-5-1-2-6-23(22)34-27(36)19-9-11-21(12-10-19)33-28-32-17-25(37-28)24-16-31-26-20(4-3-13-35(24)26)15-30-14-18-7-8-18/h1-6,9-13,16-18,30H,7-8,14-15,29H2,(H,32,33)(H,34,36). The molecular formula is C28H27N7OS. The Morgan fingerprint density at radius 1 is 1.03 bits per heavy atom. The SMILES string of the molecule is Nc1ccccc1NC(=O)c1ccc(Nc2ncc(-c3cnc4c(CNCC5CC5)cccn34)s2)cc1. The molecule has 6 rings (SSSR count). The summed E-state index contributed by atoms with van der Waals surface area (Å²) in [6.07, 6.45) is 8.50. The lowest BCUT2D eigenvalue weighted by Crippen LogP contribution is -2.16. The van der Waals surface area contributed by atoms with Crippen LogP contribution in [0.5, 0.6) is 0 Å². The van der Waals surface area contributed by atoms with E-state index in [4.69, 9.17) is 10.7 Å². The molecule has 3 heterocycles. The molecule has 1 aliphatic rings. The van der Waals surface area contributed by atoms with Crippen molar-refractivity contribution in [1.29, 1.82) is 0 Å². The molecule has 2 aromatic carbocycles. The summed E-state index contributed by atoms with van der Waals surface area (Å²) < 4.78 is 2.12.